The van der Waals surface area contributed by atoms with Crippen LogP contribution in [0.25, 0.3) is 0 Å². The van der Waals surface area contributed by atoms with Gasteiger partial charge in [-0.15, -0.1) is 0 Å². The summed E-state index contributed by atoms with van der Waals surface area (Å²) in [5, 5.41) is 32.5. The Morgan fingerprint density at radius 1 is 1.04 bits per heavy atom. The lowest BCUT2D eigenvalue weighted by molar-refractivity contribution is -0.139. The average Bonchev–Trinajstić information content (AvgIpc) is 2.62. The highest BCUT2D eigenvalue weighted by Crippen LogP contribution is 2.17. The predicted molar refractivity (Wildman–Crippen MR) is 108 cm³/mol. The van der Waals surface area contributed by atoms with Crippen LogP contribution in [-0.2, 0) is 4.79 Å². The molecule has 0 aliphatic heterocycles. The second-order valence-corrected chi connectivity index (χ2v) is 5.85. The maximum Gasteiger partial charge on any atom is 0.330 e. The van der Waals surface area contributed by atoms with Crippen molar-refractivity contribution in [3.63, 3.8) is 0 Å². The molecule has 1 atom stereocenters. The van der Waals surface area contributed by atoms with E-state index in [4.69, 9.17) is 24.4 Å². The third kappa shape index (κ3) is 6.99. The Morgan fingerprint density at radius 3 is 2.00 bits per heavy atom. The van der Waals surface area contributed by atoms with Crippen LogP contribution in [0.3, 0.4) is 0 Å². The Bertz CT molecular complexity index is 733. The van der Waals surface area contributed by atoms with Crippen molar-refractivity contribution < 1.29 is 15.0 Å². The minimum atomic E-state index is -1.12. The van der Waals surface area contributed by atoms with Crippen LogP contribution in [0, 0.1) is 0 Å². The van der Waals surface area contributed by atoms with Crippen molar-refractivity contribution in [2.24, 2.45) is 10.2 Å². The van der Waals surface area contributed by atoms with E-state index in [1.165, 1.54) is 24.3 Å². The summed E-state index contributed by atoms with van der Waals surface area (Å²) in [6, 6.07) is 4.69. The Kier molecular flexibility index (Phi) is 8.38. The minimum Gasteiger partial charge on any atom is -0.508 e. The molecule has 1 aromatic carbocycles. The van der Waals surface area contributed by atoms with Crippen molar-refractivity contribution in [1.29, 1.82) is 0 Å². The van der Waals surface area contributed by atoms with Crippen LogP contribution >= 0.6 is 24.4 Å². The first-order chi connectivity index (χ1) is 12.2. The highest BCUT2D eigenvalue weighted by atomic mass is 32.1. The highest BCUT2D eigenvalue weighted by Gasteiger charge is 2.20. The zero-order valence-corrected chi connectivity index (χ0v) is 16.0. The number of nitrogens with zero attached hydrogens (tertiary/aromatic N) is 2. The van der Waals surface area contributed by atoms with E-state index in [0.29, 0.717) is 22.1 Å². The number of aromatic hydroxyl groups is 1. The van der Waals surface area contributed by atoms with Crippen molar-refractivity contribution >= 4 is 52.1 Å². The molecule has 0 spiro atoms. The molecule has 9 nitrogen and oxygen atoms in total. The lowest BCUT2D eigenvalue weighted by Crippen LogP contribution is -2.39. The van der Waals surface area contributed by atoms with Gasteiger partial charge in [-0.05, 0) is 56.0 Å². The molecule has 0 bridgehead atoms. The van der Waals surface area contributed by atoms with E-state index in [-0.39, 0.29) is 10.9 Å². The van der Waals surface area contributed by atoms with Gasteiger partial charge >= 0.3 is 5.97 Å². The third-order valence-electron chi connectivity index (χ3n) is 3.15. The molecule has 0 aliphatic carbocycles. The van der Waals surface area contributed by atoms with Gasteiger partial charge in [0.05, 0.1) is 11.4 Å². The van der Waals surface area contributed by atoms with Gasteiger partial charge in [0, 0.05) is 7.05 Å². The highest BCUT2D eigenvalue weighted by molar-refractivity contribution is 7.80. The molecule has 0 fully saturated rings. The minimum absolute atomic E-state index is 0.0244. The average molecular weight is 396 g/mol. The molecule has 1 aromatic rings. The number of hydrogen-bond donors (Lipinski definition) is 6. The van der Waals surface area contributed by atoms with Crippen LogP contribution in [-0.4, -0.2) is 44.9 Å². The topological polar surface area (TPSA) is 130 Å². The molecule has 11 heteroatoms. The van der Waals surface area contributed by atoms with Gasteiger partial charge < -0.3 is 20.8 Å². The summed E-state index contributed by atoms with van der Waals surface area (Å²) in [6.07, 6.45) is 0. The van der Waals surface area contributed by atoms with E-state index >= 15 is 0 Å². The van der Waals surface area contributed by atoms with Crippen LogP contribution in [0.4, 0.5) is 0 Å². The van der Waals surface area contributed by atoms with Gasteiger partial charge in [0.15, 0.2) is 16.3 Å². The van der Waals surface area contributed by atoms with Crippen molar-refractivity contribution in [2.75, 3.05) is 7.05 Å². The molecular formula is C15H20N6O3S2. The van der Waals surface area contributed by atoms with Gasteiger partial charge in [-0.1, -0.05) is 12.1 Å². The number of phenolic OH excluding ortho intramolecular Hbond substituents is 1. The van der Waals surface area contributed by atoms with Gasteiger partial charge in [-0.3, -0.25) is 10.9 Å². The van der Waals surface area contributed by atoms with Gasteiger partial charge in [-0.25, -0.2) is 4.79 Å². The zero-order chi connectivity index (χ0) is 19.7. The summed E-state index contributed by atoms with van der Waals surface area (Å²) in [4.78, 5) is 11.5. The summed E-state index contributed by atoms with van der Waals surface area (Å²) < 4.78 is 0. The Morgan fingerprint density at radius 2 is 1.54 bits per heavy atom. The summed E-state index contributed by atoms with van der Waals surface area (Å²) in [5.41, 5.74) is 6.72. The standard InChI is InChI=1S/C15H20N6O3S2/c1-8(18-20-14(25)16-3)9(2)19-21-15(26)17-12(13(23)24)10-4-6-11(22)7-5-10/h4-7,12,22H,1-3H3,(H,23,24)(H2,16,20,25)(H2,17,21,26)/b18-8+,19-9+. The van der Waals surface area contributed by atoms with Crippen molar-refractivity contribution in [1.82, 2.24) is 21.5 Å². The number of hydrazone groups is 2. The summed E-state index contributed by atoms with van der Waals surface area (Å²) in [6.45, 7) is 3.42. The molecular weight excluding hydrogens is 376 g/mol. The Hall–Kier alpha value is -2.79. The van der Waals surface area contributed by atoms with E-state index in [2.05, 4.69) is 31.7 Å². The summed E-state index contributed by atoms with van der Waals surface area (Å²) in [5.74, 6) is -1.08. The monoisotopic (exact) mass is 396 g/mol. The van der Waals surface area contributed by atoms with Gasteiger partial charge in [0.1, 0.15) is 5.75 Å². The normalized spacial score (nSPS) is 12.7. The van der Waals surface area contributed by atoms with Crippen molar-refractivity contribution in [3.8, 4) is 5.75 Å². The lowest BCUT2D eigenvalue weighted by atomic mass is 10.1. The number of hydrogen-bond acceptors (Lipinski definition) is 6. The van der Waals surface area contributed by atoms with Crippen LogP contribution in [0.5, 0.6) is 5.75 Å². The summed E-state index contributed by atoms with van der Waals surface area (Å²) >= 11 is 9.98. The number of aliphatic carboxylic acids is 1. The van der Waals surface area contributed by atoms with Crippen LogP contribution in [0.1, 0.15) is 25.5 Å². The lowest BCUT2D eigenvalue weighted by Gasteiger charge is -2.16. The second-order valence-electron chi connectivity index (χ2n) is 5.03. The molecule has 0 heterocycles. The first-order valence-electron chi connectivity index (χ1n) is 7.39. The largest absolute Gasteiger partial charge is 0.508 e. The molecule has 0 aliphatic rings. The van der Waals surface area contributed by atoms with Crippen molar-refractivity contribution in [2.45, 2.75) is 19.9 Å². The molecule has 1 rings (SSSR count). The fourth-order valence-corrected chi connectivity index (χ4v) is 1.81. The molecule has 0 saturated carbocycles. The van der Waals surface area contributed by atoms with E-state index in [1.54, 1.807) is 20.9 Å². The van der Waals surface area contributed by atoms with E-state index in [9.17, 15) is 15.0 Å². The van der Waals surface area contributed by atoms with Gasteiger partial charge in [-0.2, -0.15) is 10.2 Å². The van der Waals surface area contributed by atoms with Crippen LogP contribution in [0.15, 0.2) is 34.5 Å². The molecule has 1 unspecified atom stereocenters. The quantitative estimate of drug-likeness (QED) is 0.235. The number of nitrogens with one attached hydrogen (secondary N) is 4. The molecule has 0 radical (unpaired) electrons. The maximum absolute atomic E-state index is 11.5. The number of carboxylic acid groups (broad SMARTS) is 1. The molecule has 26 heavy (non-hydrogen) atoms. The fourth-order valence-electron chi connectivity index (χ4n) is 1.60. The fraction of sp³-hybridized carbons (Fsp3) is 0.267. The Labute approximate surface area is 161 Å². The summed E-state index contributed by atoms with van der Waals surface area (Å²) in [7, 11) is 1.67. The number of thiocarbonyl (C=S) groups is 2. The molecule has 140 valence electrons. The van der Waals surface area contributed by atoms with Gasteiger partial charge in [0.2, 0.25) is 0 Å². The van der Waals surface area contributed by atoms with E-state index in [1.807, 2.05) is 0 Å². The smallest absolute Gasteiger partial charge is 0.330 e. The zero-order valence-electron chi connectivity index (χ0n) is 14.4. The molecule has 6 N–H and O–H groups in total. The first kappa shape index (κ1) is 21.3. The van der Waals surface area contributed by atoms with E-state index < -0.39 is 12.0 Å². The van der Waals surface area contributed by atoms with Crippen LogP contribution < -0.4 is 21.5 Å². The van der Waals surface area contributed by atoms with Gasteiger partial charge in [0.25, 0.3) is 0 Å². The number of phenols is 1. The third-order valence-corrected chi connectivity index (χ3v) is 3.65. The van der Waals surface area contributed by atoms with E-state index in [0.717, 1.165) is 0 Å². The number of carboxylic acids is 1. The Balaban J connectivity index is 2.72. The second kappa shape index (κ2) is 10.3. The predicted octanol–water partition coefficient (Wildman–Crippen LogP) is 0.828. The molecule has 0 amide bonds. The first-order valence-corrected chi connectivity index (χ1v) is 8.21. The number of benzene rings is 1. The molecule has 0 aromatic heterocycles. The number of rotatable bonds is 6. The van der Waals surface area contributed by atoms with Crippen molar-refractivity contribution in [3.05, 3.63) is 29.8 Å². The van der Waals surface area contributed by atoms with Crippen LogP contribution in [0.2, 0.25) is 0 Å². The maximum atomic E-state index is 11.5. The SMILES string of the molecule is CNC(=S)N/N=C(C)/C(C)=N/NC(=S)NC(C(=O)O)c1ccc(O)cc1. The number of carbonyl (C=O) groups is 1. The molecule has 0 saturated heterocycles.